The van der Waals surface area contributed by atoms with Gasteiger partial charge in [-0.15, -0.1) is 11.8 Å². The molecule has 17 nitrogen and oxygen atoms in total. The van der Waals surface area contributed by atoms with Gasteiger partial charge < -0.3 is 50.3 Å². The second-order valence-electron chi connectivity index (χ2n) is 23.3. The second kappa shape index (κ2) is 30.5. The fourth-order valence-corrected chi connectivity index (χ4v) is 11.9. The van der Waals surface area contributed by atoms with Gasteiger partial charge >= 0.3 is 24.1 Å². The molecule has 18 heteroatoms. The summed E-state index contributed by atoms with van der Waals surface area (Å²) in [6.07, 6.45) is -2.67. The van der Waals surface area contributed by atoms with Crippen LogP contribution < -0.4 is 31.3 Å². The lowest BCUT2D eigenvalue weighted by molar-refractivity contribution is -0.156. The van der Waals surface area contributed by atoms with Gasteiger partial charge in [-0.05, 0) is 111 Å². The number of alkyl carbamates (subject to hydrolysis) is 2. The molecule has 8 rings (SSSR count). The molecule has 5 N–H and O–H groups in total. The van der Waals surface area contributed by atoms with E-state index in [-0.39, 0.29) is 31.3 Å². The first-order chi connectivity index (χ1) is 42.7. The van der Waals surface area contributed by atoms with E-state index in [4.69, 9.17) is 23.7 Å². The van der Waals surface area contributed by atoms with E-state index in [1.54, 1.807) is 90.1 Å². The average Bonchev–Trinajstić information content (AvgIpc) is 1.92. The molecule has 1 aliphatic carbocycles. The summed E-state index contributed by atoms with van der Waals surface area (Å²) in [5.74, 6) is -4.22. The first-order valence-electron chi connectivity index (χ1n) is 29.6. The number of benzene rings is 7. The minimum atomic E-state index is -1.76. The Kier molecular flexibility index (Phi) is 22.4. The van der Waals surface area contributed by atoms with Crippen LogP contribution in [0.15, 0.2) is 194 Å². The highest BCUT2D eigenvalue weighted by atomic mass is 32.2. The Hall–Kier alpha value is -9.42. The second-order valence-corrected chi connectivity index (χ2v) is 24.6. The maximum Gasteiger partial charge on any atom is 0.408 e. The van der Waals surface area contributed by atoms with Crippen molar-refractivity contribution in [2.24, 2.45) is 0 Å². The molecule has 0 heterocycles. The molecule has 0 saturated carbocycles. The molecule has 0 aromatic heterocycles. The number of carbonyl (C=O) groups is 7. The fraction of sp³-hybridized carbons (Fsp3) is 0.310. The normalized spacial score (nSPS) is 13.3. The predicted octanol–water partition coefficient (Wildman–Crippen LogP) is 10.7. The Morgan fingerprint density at radius 2 is 0.966 bits per heavy atom. The maximum atomic E-state index is 15.1. The van der Waals surface area contributed by atoms with Gasteiger partial charge in [-0.25, -0.2) is 14.4 Å². The van der Waals surface area contributed by atoms with Gasteiger partial charge in [0.2, 0.25) is 17.7 Å². The lowest BCUT2D eigenvalue weighted by Crippen LogP contribution is -2.60. The molecular formula is C71H77N5O12S. The van der Waals surface area contributed by atoms with Crippen LogP contribution in [-0.2, 0) is 60.7 Å². The van der Waals surface area contributed by atoms with Crippen molar-refractivity contribution < 1.29 is 57.2 Å². The zero-order valence-corrected chi connectivity index (χ0v) is 51.9. The fourth-order valence-electron chi connectivity index (χ4n) is 10.4. The van der Waals surface area contributed by atoms with Gasteiger partial charge in [0.25, 0.3) is 0 Å². The zero-order chi connectivity index (χ0) is 63.6. The van der Waals surface area contributed by atoms with Crippen LogP contribution in [0.1, 0.15) is 99.7 Å². The van der Waals surface area contributed by atoms with Crippen LogP contribution in [0, 0.1) is 0 Å². The number of rotatable bonds is 26. The number of hydrogen-bond acceptors (Lipinski definition) is 13. The van der Waals surface area contributed by atoms with Crippen LogP contribution in [0.2, 0.25) is 0 Å². The number of esters is 2. The zero-order valence-electron chi connectivity index (χ0n) is 51.1. The van der Waals surface area contributed by atoms with Gasteiger partial charge in [-0.3, -0.25) is 19.2 Å². The molecule has 0 saturated heterocycles. The quantitative estimate of drug-likeness (QED) is 0.0193. The summed E-state index contributed by atoms with van der Waals surface area (Å²) in [5.41, 5.74) is 5.95. The molecule has 0 bridgehead atoms. The number of ether oxygens (including phenoxy) is 5. The van der Waals surface area contributed by atoms with Crippen LogP contribution in [0.4, 0.5) is 9.59 Å². The molecule has 5 amide bonds. The van der Waals surface area contributed by atoms with Crippen LogP contribution in [0.3, 0.4) is 0 Å². The molecule has 89 heavy (non-hydrogen) atoms. The van der Waals surface area contributed by atoms with E-state index in [1.165, 1.54) is 11.8 Å². The molecule has 7 aromatic carbocycles. The minimum Gasteiger partial charge on any atom is -0.494 e. The first-order valence-corrected chi connectivity index (χ1v) is 30.6. The van der Waals surface area contributed by atoms with E-state index < -0.39 is 94.9 Å². The Morgan fingerprint density at radius 1 is 0.483 bits per heavy atom. The summed E-state index contributed by atoms with van der Waals surface area (Å²) >= 11 is 1.37. The molecule has 0 aliphatic heterocycles. The van der Waals surface area contributed by atoms with Crippen molar-refractivity contribution in [3.63, 3.8) is 0 Å². The van der Waals surface area contributed by atoms with E-state index in [9.17, 15) is 28.8 Å². The first kappa shape index (κ1) is 65.6. The molecule has 1 aliphatic rings. The van der Waals surface area contributed by atoms with Crippen molar-refractivity contribution in [3.05, 3.63) is 233 Å². The molecule has 0 spiro atoms. The van der Waals surface area contributed by atoms with Crippen LogP contribution in [-0.4, -0.2) is 103 Å². The van der Waals surface area contributed by atoms with E-state index in [1.807, 2.05) is 153 Å². The van der Waals surface area contributed by atoms with Gasteiger partial charge in [-0.1, -0.05) is 182 Å². The van der Waals surface area contributed by atoms with E-state index in [0.29, 0.717) is 23.5 Å². The topological polar surface area (TPSA) is 226 Å². The lowest BCUT2D eigenvalue weighted by atomic mass is 9.84. The highest BCUT2D eigenvalue weighted by molar-refractivity contribution is 8.00. The van der Waals surface area contributed by atoms with E-state index >= 15 is 4.79 Å². The Labute approximate surface area is 524 Å². The predicted molar refractivity (Wildman–Crippen MR) is 342 cm³/mol. The van der Waals surface area contributed by atoms with Crippen LogP contribution in [0.5, 0.6) is 5.75 Å². The monoisotopic (exact) mass is 1220 g/mol. The Morgan fingerprint density at radius 3 is 1.49 bits per heavy atom. The largest absolute Gasteiger partial charge is 0.494 e. The van der Waals surface area contributed by atoms with E-state index in [0.717, 1.165) is 38.9 Å². The number of fused-ring (bicyclic) bond motifs is 3. The average molecular weight is 1220 g/mol. The summed E-state index contributed by atoms with van der Waals surface area (Å²) in [6.45, 7) is 11.3. The molecule has 7 aromatic rings. The van der Waals surface area contributed by atoms with Gasteiger partial charge in [0.15, 0.2) is 0 Å². The van der Waals surface area contributed by atoms with Gasteiger partial charge in [0.05, 0.1) is 17.8 Å². The summed E-state index contributed by atoms with van der Waals surface area (Å²) in [6, 6.07) is 54.9. The van der Waals surface area contributed by atoms with Crippen molar-refractivity contribution >= 4 is 53.6 Å². The van der Waals surface area contributed by atoms with Crippen molar-refractivity contribution in [2.75, 3.05) is 25.5 Å². The molecule has 464 valence electrons. The Balaban J connectivity index is 1.07. The highest BCUT2D eigenvalue weighted by Crippen LogP contribution is 2.49. The van der Waals surface area contributed by atoms with Gasteiger partial charge in [0, 0.05) is 24.6 Å². The van der Waals surface area contributed by atoms with Crippen LogP contribution in [0.25, 0.3) is 11.1 Å². The van der Waals surface area contributed by atoms with Crippen molar-refractivity contribution in [3.8, 4) is 16.9 Å². The molecule has 0 radical (unpaired) electrons. The highest BCUT2D eigenvalue weighted by Gasteiger charge is 2.41. The van der Waals surface area contributed by atoms with Crippen molar-refractivity contribution in [2.45, 2.75) is 114 Å². The smallest absolute Gasteiger partial charge is 0.408 e. The third-order valence-electron chi connectivity index (χ3n) is 14.4. The standard InChI is InChI=1S/C71H77N5O12S/c1-8-84-52-39-37-48(38-40-52)44-85-66(81)61(46-89-71(49-27-15-10-16-28-49,50-29-17-11-18-30-50)51-31-19-12-20-32-51)74-64(79)59(42-62(77)87-69(2,3)4)73-65(80)60(76-68(83)88-70(5,6)7)43-72-63(78)58(41-47-25-13-9-14-26-47)75-67(82)86-45-57-55-35-23-21-33-53(55)54-34-22-24-36-56(54)57/h9-40,57-61H,8,41-46H2,1-7H3,(H,72,78)(H,73,80)(H,74,79)(H,75,82)(H,76,83)/t58-,59+,60+,61+/m1/s1. The lowest BCUT2D eigenvalue weighted by Gasteiger charge is -2.36. The van der Waals surface area contributed by atoms with E-state index in [2.05, 4.69) is 26.6 Å². The van der Waals surface area contributed by atoms with Gasteiger partial charge in [0.1, 0.15) is 54.3 Å². The number of hydrogen-bond donors (Lipinski definition) is 5. The molecule has 0 fully saturated rings. The van der Waals surface area contributed by atoms with Gasteiger partial charge in [-0.2, -0.15) is 0 Å². The summed E-state index contributed by atoms with van der Waals surface area (Å²) < 4.78 is 27.7. The third kappa shape index (κ3) is 18.3. The van der Waals surface area contributed by atoms with Crippen molar-refractivity contribution in [1.29, 1.82) is 0 Å². The maximum absolute atomic E-state index is 15.1. The Bertz CT molecular complexity index is 3380. The number of amides is 5. The summed E-state index contributed by atoms with van der Waals surface area (Å²) in [5, 5.41) is 13.4. The molecule has 4 atom stereocenters. The minimum absolute atomic E-state index is 0.00336. The SMILES string of the molecule is CCOc1ccc(COC(=O)[C@H](CSC(c2ccccc2)(c2ccccc2)c2ccccc2)NC(=O)[C@H](CC(=O)OC(C)(C)C)NC(=O)[C@H](CNC(=O)[C@@H](Cc2ccccc2)NC(=O)OCC2c3ccccc3-c3ccccc32)NC(=O)OC(C)(C)C)cc1. The number of nitrogens with one attached hydrogen (secondary N) is 5. The molecule has 0 unspecified atom stereocenters. The summed E-state index contributed by atoms with van der Waals surface area (Å²) in [7, 11) is 0. The van der Waals surface area contributed by atoms with Crippen LogP contribution >= 0.6 is 11.8 Å². The third-order valence-corrected chi connectivity index (χ3v) is 16.0. The summed E-state index contributed by atoms with van der Waals surface area (Å²) in [4.78, 5) is 100. The molecular weight excluding hydrogens is 1150 g/mol. The van der Waals surface area contributed by atoms with Crippen molar-refractivity contribution in [1.82, 2.24) is 26.6 Å². The number of thioether (sulfide) groups is 1. The number of carbonyl (C=O) groups excluding carboxylic acids is 7.